The Morgan fingerprint density at radius 2 is 1.51 bits per heavy atom. The lowest BCUT2D eigenvalue weighted by atomic mass is 9.75. The summed E-state index contributed by atoms with van der Waals surface area (Å²) in [6.45, 7) is 17.2. The zero-order valence-electron chi connectivity index (χ0n) is 23.6. The van der Waals surface area contributed by atoms with Crippen LogP contribution in [0, 0.1) is 35.5 Å². The quantitative estimate of drug-likeness (QED) is 0.190. The summed E-state index contributed by atoms with van der Waals surface area (Å²) in [5.41, 5.74) is 2.27. The van der Waals surface area contributed by atoms with E-state index in [-0.39, 0.29) is 29.6 Å². The molecule has 0 amide bonds. The number of hydrogen-bond donors (Lipinski definition) is 2. The Labute approximate surface area is 215 Å². The number of benzene rings is 1. The van der Waals surface area contributed by atoms with Crippen molar-refractivity contribution in [2.24, 2.45) is 35.5 Å². The van der Waals surface area contributed by atoms with Crippen molar-refractivity contribution in [1.29, 1.82) is 0 Å². The standard InChI is InChI=1S/C32H52O3/c1-9-10-14-23(3)32(35)28(8)27(7)25(5)19-22(2)20-26(6)31(34)24(4)17-18-30(33)21-29-15-12-11-13-16-29/h11-13,15-18,20,23-28,31-32,34-35H,9-10,14,19,21H2,1-8H3/b18-17-,22-20-. The van der Waals surface area contributed by atoms with Crippen molar-refractivity contribution in [3.63, 3.8) is 0 Å². The minimum atomic E-state index is -0.543. The monoisotopic (exact) mass is 484 g/mol. The molecule has 0 saturated heterocycles. The molecule has 0 radical (unpaired) electrons. The Balaban J connectivity index is 2.61. The third-order valence-electron chi connectivity index (χ3n) is 7.94. The fraction of sp³-hybridized carbons (Fsp3) is 0.656. The summed E-state index contributed by atoms with van der Waals surface area (Å²) >= 11 is 0. The molecule has 3 heteroatoms. The van der Waals surface area contributed by atoms with Crippen LogP contribution < -0.4 is 0 Å². The van der Waals surface area contributed by atoms with E-state index >= 15 is 0 Å². The number of hydrogen-bond acceptors (Lipinski definition) is 3. The Morgan fingerprint density at radius 3 is 2.11 bits per heavy atom. The van der Waals surface area contributed by atoms with Gasteiger partial charge < -0.3 is 10.2 Å². The molecule has 35 heavy (non-hydrogen) atoms. The molecule has 8 unspecified atom stereocenters. The van der Waals surface area contributed by atoms with Crippen LogP contribution in [0.1, 0.15) is 86.6 Å². The lowest BCUT2D eigenvalue weighted by Gasteiger charge is -2.33. The maximum Gasteiger partial charge on any atom is 0.159 e. The lowest BCUT2D eigenvalue weighted by Crippen LogP contribution is -2.32. The van der Waals surface area contributed by atoms with Crippen molar-refractivity contribution in [2.75, 3.05) is 0 Å². The summed E-state index contributed by atoms with van der Waals surface area (Å²) in [4.78, 5) is 12.3. The smallest absolute Gasteiger partial charge is 0.159 e. The van der Waals surface area contributed by atoms with Gasteiger partial charge in [0.05, 0.1) is 12.2 Å². The Morgan fingerprint density at radius 1 is 0.886 bits per heavy atom. The van der Waals surface area contributed by atoms with E-state index in [4.69, 9.17) is 0 Å². The van der Waals surface area contributed by atoms with E-state index in [1.54, 1.807) is 6.08 Å². The second-order valence-electron chi connectivity index (χ2n) is 11.2. The highest BCUT2D eigenvalue weighted by Gasteiger charge is 2.28. The van der Waals surface area contributed by atoms with E-state index in [2.05, 4.69) is 47.6 Å². The van der Waals surface area contributed by atoms with Gasteiger partial charge in [-0.15, -0.1) is 0 Å². The van der Waals surface area contributed by atoms with Gasteiger partial charge >= 0.3 is 0 Å². The van der Waals surface area contributed by atoms with Crippen LogP contribution in [0.5, 0.6) is 0 Å². The van der Waals surface area contributed by atoms with Crippen LogP contribution in [-0.2, 0) is 11.2 Å². The molecule has 0 aliphatic heterocycles. The van der Waals surface area contributed by atoms with Crippen molar-refractivity contribution in [3.8, 4) is 0 Å². The molecule has 0 saturated carbocycles. The highest BCUT2D eigenvalue weighted by Crippen LogP contribution is 2.32. The molecule has 1 aromatic carbocycles. The molecule has 1 aromatic rings. The van der Waals surface area contributed by atoms with Crippen LogP contribution in [0.4, 0.5) is 0 Å². The summed E-state index contributed by atoms with van der Waals surface area (Å²) in [5.74, 6) is 1.40. The minimum Gasteiger partial charge on any atom is -0.393 e. The molecule has 0 fully saturated rings. The molecule has 198 valence electrons. The van der Waals surface area contributed by atoms with Crippen molar-refractivity contribution in [1.82, 2.24) is 0 Å². The van der Waals surface area contributed by atoms with E-state index in [0.29, 0.717) is 24.2 Å². The SMILES string of the molecule is CCCCC(C)C(O)C(C)C(C)C(C)C/C(C)=C\C(C)C(O)C(C)/C=C\C(=O)Cc1ccccc1. The maximum atomic E-state index is 12.3. The third-order valence-corrected chi connectivity index (χ3v) is 7.94. The van der Waals surface area contributed by atoms with Gasteiger partial charge in [0.2, 0.25) is 0 Å². The zero-order chi connectivity index (χ0) is 26.5. The second kappa shape index (κ2) is 16.1. The van der Waals surface area contributed by atoms with Gasteiger partial charge in [-0.05, 0) is 55.1 Å². The number of rotatable bonds is 16. The maximum absolute atomic E-state index is 12.3. The summed E-state index contributed by atoms with van der Waals surface area (Å²) < 4.78 is 0. The average molecular weight is 485 g/mol. The molecule has 8 atom stereocenters. The van der Waals surface area contributed by atoms with Crippen LogP contribution in [-0.4, -0.2) is 28.2 Å². The summed E-state index contributed by atoms with van der Waals surface area (Å²) in [5, 5.41) is 21.7. The van der Waals surface area contributed by atoms with Gasteiger partial charge in [-0.25, -0.2) is 0 Å². The number of carbonyl (C=O) groups is 1. The van der Waals surface area contributed by atoms with Gasteiger partial charge in [-0.2, -0.15) is 0 Å². The van der Waals surface area contributed by atoms with Gasteiger partial charge in [0.15, 0.2) is 5.78 Å². The molecule has 1 rings (SSSR count). The van der Waals surface area contributed by atoms with Crippen LogP contribution in [0.15, 0.2) is 54.1 Å². The molecule has 0 aliphatic carbocycles. The number of ketones is 1. The highest BCUT2D eigenvalue weighted by atomic mass is 16.3. The number of unbranched alkanes of at least 4 members (excludes halogenated alkanes) is 1. The van der Waals surface area contributed by atoms with E-state index in [1.165, 1.54) is 18.4 Å². The molecule has 0 aromatic heterocycles. The number of aliphatic hydroxyl groups is 2. The first kappa shape index (κ1) is 31.3. The third kappa shape index (κ3) is 11.3. The molecular formula is C32H52O3. The zero-order valence-corrected chi connectivity index (χ0v) is 23.6. The Hall–Kier alpha value is -1.71. The van der Waals surface area contributed by atoms with E-state index in [9.17, 15) is 15.0 Å². The van der Waals surface area contributed by atoms with E-state index in [0.717, 1.165) is 18.4 Å². The molecule has 0 aliphatic rings. The fourth-order valence-electron chi connectivity index (χ4n) is 5.06. The van der Waals surface area contributed by atoms with Gasteiger partial charge in [0.1, 0.15) is 0 Å². The van der Waals surface area contributed by atoms with Crippen LogP contribution in [0.25, 0.3) is 0 Å². The van der Waals surface area contributed by atoms with Crippen molar-refractivity contribution >= 4 is 5.78 Å². The van der Waals surface area contributed by atoms with Crippen LogP contribution in [0.3, 0.4) is 0 Å². The molecule has 3 nitrogen and oxygen atoms in total. The first-order valence-corrected chi connectivity index (χ1v) is 13.8. The molecule has 0 bridgehead atoms. The van der Waals surface area contributed by atoms with Crippen LogP contribution >= 0.6 is 0 Å². The minimum absolute atomic E-state index is 0.00142. The number of allylic oxidation sites excluding steroid dienone is 2. The predicted octanol–water partition coefficient (Wildman–Crippen LogP) is 7.42. The first-order chi connectivity index (χ1) is 16.5. The Kier molecular flexibility index (Phi) is 14.4. The van der Waals surface area contributed by atoms with Crippen LogP contribution in [0.2, 0.25) is 0 Å². The van der Waals surface area contributed by atoms with E-state index in [1.807, 2.05) is 50.3 Å². The normalized spacial score (nSPS) is 19.5. The van der Waals surface area contributed by atoms with Crippen molar-refractivity contribution in [2.45, 2.75) is 99.7 Å². The number of aliphatic hydroxyl groups excluding tert-OH is 2. The fourth-order valence-corrected chi connectivity index (χ4v) is 5.06. The molecule has 0 spiro atoms. The topological polar surface area (TPSA) is 57.5 Å². The average Bonchev–Trinajstić information content (AvgIpc) is 2.84. The summed E-state index contributed by atoms with van der Waals surface area (Å²) in [6, 6.07) is 9.73. The first-order valence-electron chi connectivity index (χ1n) is 13.8. The lowest BCUT2D eigenvalue weighted by molar-refractivity contribution is -0.114. The number of carbonyl (C=O) groups excluding carboxylic acids is 1. The molecule has 2 N–H and O–H groups in total. The summed E-state index contributed by atoms with van der Waals surface area (Å²) in [6.07, 6.45) is 9.59. The largest absolute Gasteiger partial charge is 0.393 e. The van der Waals surface area contributed by atoms with Gasteiger partial charge in [0, 0.05) is 18.3 Å². The Bertz CT molecular complexity index is 781. The second-order valence-corrected chi connectivity index (χ2v) is 11.2. The molecular weight excluding hydrogens is 432 g/mol. The van der Waals surface area contributed by atoms with Gasteiger partial charge in [0.25, 0.3) is 0 Å². The van der Waals surface area contributed by atoms with Crippen molar-refractivity contribution < 1.29 is 15.0 Å². The molecule has 0 heterocycles. The van der Waals surface area contributed by atoms with Gasteiger partial charge in [-0.3, -0.25) is 4.79 Å². The van der Waals surface area contributed by atoms with Gasteiger partial charge in [-0.1, -0.05) is 109 Å². The highest BCUT2D eigenvalue weighted by molar-refractivity contribution is 5.91. The predicted molar refractivity (Wildman–Crippen MR) is 149 cm³/mol. The summed E-state index contributed by atoms with van der Waals surface area (Å²) in [7, 11) is 0. The van der Waals surface area contributed by atoms with Crippen molar-refractivity contribution in [3.05, 3.63) is 59.7 Å². The van der Waals surface area contributed by atoms with E-state index < -0.39 is 6.10 Å².